The fraction of sp³-hybridized carbons (Fsp3) is 0.429. The second-order valence-electron chi connectivity index (χ2n) is 4.81. The number of carbonyl (C=O) groups excluding carboxylic acids is 2. The van der Waals surface area contributed by atoms with Crippen LogP contribution >= 0.6 is 0 Å². The Balaban J connectivity index is 1.93. The van der Waals surface area contributed by atoms with Crippen LogP contribution in [0.4, 0.5) is 0 Å². The Morgan fingerprint density at radius 3 is 2.89 bits per heavy atom. The lowest BCUT2D eigenvalue weighted by molar-refractivity contribution is 0.0855. The average Bonchev–Trinajstić information content (AvgIpc) is 2.49. The van der Waals surface area contributed by atoms with Crippen molar-refractivity contribution < 1.29 is 14.3 Å². The van der Waals surface area contributed by atoms with Gasteiger partial charge in [-0.3, -0.25) is 9.59 Å². The summed E-state index contributed by atoms with van der Waals surface area (Å²) in [6, 6.07) is 5.15. The van der Waals surface area contributed by atoms with Gasteiger partial charge < -0.3 is 10.1 Å². The molecule has 1 saturated carbocycles. The summed E-state index contributed by atoms with van der Waals surface area (Å²) in [7, 11) is 0. The molecule has 0 radical (unpaired) electrons. The predicted octanol–water partition coefficient (Wildman–Crippen LogP) is 1.79. The normalized spacial score (nSPS) is 19.0. The van der Waals surface area contributed by atoms with Gasteiger partial charge in [0, 0.05) is 11.5 Å². The maximum absolute atomic E-state index is 12.1. The van der Waals surface area contributed by atoms with Gasteiger partial charge in [0.25, 0.3) is 5.91 Å². The van der Waals surface area contributed by atoms with Crippen LogP contribution in [-0.2, 0) is 0 Å². The zero-order valence-corrected chi connectivity index (χ0v) is 10.1. The molecule has 0 unspecified atom stereocenters. The third-order valence-corrected chi connectivity index (χ3v) is 3.63. The van der Waals surface area contributed by atoms with E-state index in [-0.39, 0.29) is 17.6 Å². The SMILES string of the molecule is O=C1NCCOc2ccc(C(=O)C3CCC3)cc21. The van der Waals surface area contributed by atoms with Crippen LogP contribution in [0.1, 0.15) is 40.0 Å². The number of amides is 1. The molecule has 0 spiro atoms. The number of hydrogen-bond acceptors (Lipinski definition) is 3. The second kappa shape index (κ2) is 4.44. The Hall–Kier alpha value is -1.84. The zero-order valence-electron chi connectivity index (χ0n) is 10.1. The van der Waals surface area contributed by atoms with E-state index in [0.717, 1.165) is 19.3 Å². The van der Waals surface area contributed by atoms with E-state index in [0.29, 0.717) is 30.0 Å². The minimum Gasteiger partial charge on any atom is -0.491 e. The topological polar surface area (TPSA) is 55.4 Å². The van der Waals surface area contributed by atoms with Gasteiger partial charge in [-0.05, 0) is 31.0 Å². The van der Waals surface area contributed by atoms with Crippen molar-refractivity contribution in [3.05, 3.63) is 29.3 Å². The monoisotopic (exact) mass is 245 g/mol. The standard InChI is InChI=1S/C14H15NO3/c16-13(9-2-1-3-9)10-4-5-12-11(8-10)14(17)15-6-7-18-12/h4-5,8-9H,1-3,6-7H2,(H,15,17). The van der Waals surface area contributed by atoms with E-state index in [1.54, 1.807) is 18.2 Å². The van der Waals surface area contributed by atoms with Crippen molar-refractivity contribution in [3.8, 4) is 5.75 Å². The van der Waals surface area contributed by atoms with Crippen LogP contribution in [0.15, 0.2) is 18.2 Å². The molecule has 1 fully saturated rings. The first kappa shape index (κ1) is 11.3. The fourth-order valence-corrected chi connectivity index (χ4v) is 2.31. The molecule has 1 aromatic carbocycles. The van der Waals surface area contributed by atoms with E-state index in [1.165, 1.54) is 0 Å². The highest BCUT2D eigenvalue weighted by Gasteiger charge is 2.27. The molecule has 94 valence electrons. The second-order valence-corrected chi connectivity index (χ2v) is 4.81. The third kappa shape index (κ3) is 1.88. The van der Waals surface area contributed by atoms with Gasteiger partial charge in [-0.2, -0.15) is 0 Å². The first-order valence-corrected chi connectivity index (χ1v) is 6.35. The highest BCUT2D eigenvalue weighted by atomic mass is 16.5. The smallest absolute Gasteiger partial charge is 0.255 e. The molecule has 4 nitrogen and oxygen atoms in total. The van der Waals surface area contributed by atoms with Crippen molar-refractivity contribution in [2.45, 2.75) is 19.3 Å². The molecule has 0 saturated heterocycles. The lowest BCUT2D eigenvalue weighted by Gasteiger charge is -2.24. The van der Waals surface area contributed by atoms with Crippen LogP contribution in [0, 0.1) is 5.92 Å². The van der Waals surface area contributed by atoms with E-state index < -0.39 is 0 Å². The quantitative estimate of drug-likeness (QED) is 0.808. The Morgan fingerprint density at radius 1 is 1.33 bits per heavy atom. The summed E-state index contributed by atoms with van der Waals surface area (Å²) < 4.78 is 5.46. The molecule has 3 rings (SSSR count). The van der Waals surface area contributed by atoms with Crippen LogP contribution in [0.3, 0.4) is 0 Å². The van der Waals surface area contributed by atoms with E-state index >= 15 is 0 Å². The maximum Gasteiger partial charge on any atom is 0.255 e. The summed E-state index contributed by atoms with van der Waals surface area (Å²) in [6.45, 7) is 0.966. The Bertz CT molecular complexity index is 506. The molecule has 2 aliphatic rings. The molecule has 1 aliphatic carbocycles. The predicted molar refractivity (Wildman–Crippen MR) is 65.9 cm³/mol. The van der Waals surface area contributed by atoms with Gasteiger partial charge in [0.05, 0.1) is 12.1 Å². The summed E-state index contributed by atoms with van der Waals surface area (Å²) in [5.41, 5.74) is 1.09. The lowest BCUT2D eigenvalue weighted by Crippen LogP contribution is -2.25. The van der Waals surface area contributed by atoms with Crippen molar-refractivity contribution in [3.63, 3.8) is 0 Å². The van der Waals surface area contributed by atoms with Crippen LogP contribution < -0.4 is 10.1 Å². The molecular weight excluding hydrogens is 230 g/mol. The number of hydrogen-bond donors (Lipinski definition) is 1. The molecule has 0 atom stereocenters. The molecule has 1 N–H and O–H groups in total. The van der Waals surface area contributed by atoms with E-state index in [4.69, 9.17) is 4.74 Å². The summed E-state index contributed by atoms with van der Waals surface area (Å²) in [4.78, 5) is 24.0. The number of carbonyl (C=O) groups is 2. The van der Waals surface area contributed by atoms with Crippen molar-refractivity contribution >= 4 is 11.7 Å². The van der Waals surface area contributed by atoms with Crippen LogP contribution in [-0.4, -0.2) is 24.8 Å². The lowest BCUT2D eigenvalue weighted by atomic mass is 9.80. The molecule has 4 heteroatoms. The highest BCUT2D eigenvalue weighted by molar-refractivity contribution is 6.03. The van der Waals surface area contributed by atoms with Gasteiger partial charge >= 0.3 is 0 Å². The van der Waals surface area contributed by atoms with Gasteiger partial charge in [0.2, 0.25) is 0 Å². The van der Waals surface area contributed by atoms with Crippen molar-refractivity contribution in [1.29, 1.82) is 0 Å². The van der Waals surface area contributed by atoms with Gasteiger partial charge in [0.15, 0.2) is 5.78 Å². The third-order valence-electron chi connectivity index (χ3n) is 3.63. The summed E-state index contributed by atoms with van der Waals surface area (Å²) in [5.74, 6) is 0.708. The minimum absolute atomic E-state index is 0.151. The Labute approximate surface area is 105 Å². The van der Waals surface area contributed by atoms with E-state index in [2.05, 4.69) is 5.32 Å². The average molecular weight is 245 g/mol. The molecule has 0 bridgehead atoms. The number of fused-ring (bicyclic) bond motifs is 1. The van der Waals surface area contributed by atoms with Crippen molar-refractivity contribution in [1.82, 2.24) is 5.32 Å². The first-order valence-electron chi connectivity index (χ1n) is 6.35. The number of ketones is 1. The largest absolute Gasteiger partial charge is 0.491 e. The van der Waals surface area contributed by atoms with Crippen molar-refractivity contribution in [2.24, 2.45) is 5.92 Å². The number of Topliss-reactive ketones (excluding diaryl/α,β-unsaturated/α-hetero) is 1. The van der Waals surface area contributed by atoms with Gasteiger partial charge in [0.1, 0.15) is 12.4 Å². The molecule has 1 amide bonds. The summed E-state index contributed by atoms with van der Waals surface area (Å²) in [5, 5.41) is 2.75. The van der Waals surface area contributed by atoms with Gasteiger partial charge in [-0.25, -0.2) is 0 Å². The first-order chi connectivity index (χ1) is 8.75. The number of nitrogens with one attached hydrogen (secondary N) is 1. The molecule has 1 aliphatic heterocycles. The molecule has 18 heavy (non-hydrogen) atoms. The van der Waals surface area contributed by atoms with Crippen molar-refractivity contribution in [2.75, 3.05) is 13.2 Å². The zero-order chi connectivity index (χ0) is 12.5. The van der Waals surface area contributed by atoms with Gasteiger partial charge in [-0.15, -0.1) is 0 Å². The van der Waals surface area contributed by atoms with Crippen LogP contribution in [0.5, 0.6) is 5.75 Å². The molecular formula is C14H15NO3. The highest BCUT2D eigenvalue weighted by Crippen LogP contribution is 2.31. The fourth-order valence-electron chi connectivity index (χ4n) is 2.31. The Kier molecular flexibility index (Phi) is 2.78. The maximum atomic E-state index is 12.1. The minimum atomic E-state index is -0.161. The molecule has 0 aromatic heterocycles. The van der Waals surface area contributed by atoms with E-state index in [9.17, 15) is 9.59 Å². The molecule has 1 aromatic rings. The van der Waals surface area contributed by atoms with E-state index in [1.807, 2.05) is 0 Å². The summed E-state index contributed by atoms with van der Waals surface area (Å²) in [6.07, 6.45) is 3.07. The van der Waals surface area contributed by atoms with Crippen LogP contribution in [0.25, 0.3) is 0 Å². The number of benzene rings is 1. The summed E-state index contributed by atoms with van der Waals surface area (Å²) >= 11 is 0. The van der Waals surface area contributed by atoms with Gasteiger partial charge in [-0.1, -0.05) is 6.42 Å². The Morgan fingerprint density at radius 2 is 2.17 bits per heavy atom. The van der Waals surface area contributed by atoms with Crippen LogP contribution in [0.2, 0.25) is 0 Å². The number of rotatable bonds is 2. The molecule has 1 heterocycles. The number of ether oxygens (including phenoxy) is 1.